The molecule has 0 radical (unpaired) electrons. The fourth-order valence-corrected chi connectivity index (χ4v) is 4.43. The summed E-state index contributed by atoms with van der Waals surface area (Å²) in [5.74, 6) is -0.470. The van der Waals surface area contributed by atoms with Gasteiger partial charge in [-0.1, -0.05) is 50.6 Å². The Labute approximate surface area is 182 Å². The van der Waals surface area contributed by atoms with Gasteiger partial charge in [0.15, 0.2) is 0 Å². The van der Waals surface area contributed by atoms with Gasteiger partial charge in [-0.05, 0) is 30.2 Å². The largest absolute Gasteiger partial charge is 0.352 e. The maximum Gasteiger partial charge on any atom is 0.263 e. The Morgan fingerprint density at radius 2 is 1.65 bits per heavy atom. The molecule has 0 spiro atoms. The number of hydrogen-bond acceptors (Lipinski definition) is 5. The predicted molar refractivity (Wildman–Crippen MR) is 118 cm³/mol. The number of amidine groups is 1. The minimum absolute atomic E-state index is 0.108. The van der Waals surface area contributed by atoms with E-state index in [9.17, 15) is 18.0 Å². The van der Waals surface area contributed by atoms with E-state index in [0.29, 0.717) is 17.5 Å². The summed E-state index contributed by atoms with van der Waals surface area (Å²) in [5, 5.41) is 5.54. The molecule has 1 aliphatic rings. The first-order chi connectivity index (χ1) is 14.8. The van der Waals surface area contributed by atoms with Crippen molar-refractivity contribution in [3.8, 4) is 0 Å². The lowest BCUT2D eigenvalue weighted by atomic mass is 9.98. The molecule has 164 valence electrons. The molecule has 0 aromatic heterocycles. The van der Waals surface area contributed by atoms with Crippen LogP contribution < -0.4 is 15.4 Å². The van der Waals surface area contributed by atoms with Crippen LogP contribution >= 0.6 is 0 Å². The summed E-state index contributed by atoms with van der Waals surface area (Å²) in [4.78, 5) is 29.5. The molecule has 0 fully saturated rings. The first-order valence-corrected chi connectivity index (χ1v) is 11.6. The van der Waals surface area contributed by atoms with Gasteiger partial charge in [-0.15, -0.1) is 0 Å². The molecule has 8 nitrogen and oxygen atoms in total. The van der Waals surface area contributed by atoms with Gasteiger partial charge in [-0.25, -0.2) is 8.42 Å². The first kappa shape index (κ1) is 22.5. The molecule has 1 aliphatic heterocycles. The van der Waals surface area contributed by atoms with Crippen LogP contribution in [0.15, 0.2) is 64.5 Å². The van der Waals surface area contributed by atoms with Crippen LogP contribution in [-0.4, -0.2) is 45.2 Å². The number of carbonyl (C=O) groups excluding carboxylic acids is 2. The zero-order valence-electron chi connectivity index (χ0n) is 17.5. The van der Waals surface area contributed by atoms with Crippen LogP contribution in [0, 0.1) is 5.92 Å². The Morgan fingerprint density at radius 3 is 2.35 bits per heavy atom. The Hall–Kier alpha value is -3.20. The van der Waals surface area contributed by atoms with Crippen molar-refractivity contribution in [1.82, 2.24) is 15.4 Å². The van der Waals surface area contributed by atoms with E-state index in [-0.39, 0.29) is 41.6 Å². The lowest BCUT2D eigenvalue weighted by Crippen LogP contribution is -2.42. The zero-order valence-corrected chi connectivity index (χ0v) is 18.3. The third-order valence-electron chi connectivity index (χ3n) is 5.13. The van der Waals surface area contributed by atoms with E-state index in [1.54, 1.807) is 42.5 Å². The molecule has 2 atom stereocenters. The third-order valence-corrected chi connectivity index (χ3v) is 6.53. The normalized spacial score (nSPS) is 17.3. The quantitative estimate of drug-likeness (QED) is 0.539. The van der Waals surface area contributed by atoms with Gasteiger partial charge in [0.1, 0.15) is 11.9 Å². The van der Waals surface area contributed by atoms with Crippen molar-refractivity contribution >= 4 is 27.7 Å². The van der Waals surface area contributed by atoms with Gasteiger partial charge in [0.25, 0.3) is 15.9 Å². The Kier molecular flexibility index (Phi) is 7.06. The molecular formula is C22H26N4O4S. The van der Waals surface area contributed by atoms with Crippen LogP contribution in [-0.2, 0) is 14.8 Å². The number of rotatable bonds is 8. The van der Waals surface area contributed by atoms with Crippen LogP contribution in [0.2, 0.25) is 0 Å². The monoisotopic (exact) mass is 442 g/mol. The molecule has 0 saturated carbocycles. The van der Waals surface area contributed by atoms with Crippen molar-refractivity contribution in [2.24, 2.45) is 10.9 Å². The van der Waals surface area contributed by atoms with Crippen LogP contribution in [0.25, 0.3) is 0 Å². The number of fused-ring (bicyclic) bond motifs is 1. The molecular weight excluding hydrogens is 416 g/mol. The highest BCUT2D eigenvalue weighted by Crippen LogP contribution is 2.24. The molecule has 9 heteroatoms. The molecule has 0 bridgehead atoms. The number of hydrogen-bond donors (Lipinski definition) is 3. The van der Waals surface area contributed by atoms with Crippen LogP contribution in [0.5, 0.6) is 0 Å². The highest BCUT2D eigenvalue weighted by atomic mass is 32.2. The van der Waals surface area contributed by atoms with E-state index in [1.165, 1.54) is 6.07 Å². The summed E-state index contributed by atoms with van der Waals surface area (Å²) < 4.78 is 27.1. The molecule has 2 aromatic rings. The number of benzene rings is 2. The van der Waals surface area contributed by atoms with Gasteiger partial charge >= 0.3 is 0 Å². The zero-order chi connectivity index (χ0) is 22.4. The molecule has 2 aromatic carbocycles. The van der Waals surface area contributed by atoms with Gasteiger partial charge in [0.2, 0.25) is 5.91 Å². The van der Waals surface area contributed by atoms with Crippen molar-refractivity contribution in [2.45, 2.75) is 31.2 Å². The molecule has 0 unspecified atom stereocenters. The second-order valence-corrected chi connectivity index (χ2v) is 8.97. The number of carbonyl (C=O) groups is 2. The molecule has 31 heavy (non-hydrogen) atoms. The number of amides is 2. The Bertz CT molecular complexity index is 1080. The highest BCUT2D eigenvalue weighted by molar-refractivity contribution is 7.90. The summed E-state index contributed by atoms with van der Waals surface area (Å²) in [5.41, 5.74) is 1.00. The maximum atomic E-state index is 12.8. The van der Waals surface area contributed by atoms with Gasteiger partial charge in [0.05, 0.1) is 4.90 Å². The molecule has 1 heterocycles. The summed E-state index contributed by atoms with van der Waals surface area (Å²) >= 11 is 0. The molecule has 3 rings (SSSR count). The van der Waals surface area contributed by atoms with E-state index in [2.05, 4.69) is 20.3 Å². The van der Waals surface area contributed by atoms with E-state index >= 15 is 0 Å². The van der Waals surface area contributed by atoms with Crippen molar-refractivity contribution < 1.29 is 18.0 Å². The standard InChI is InChI=1S/C22H26N4O4S/c1-3-15(2)19(25-20-17-11-7-8-12-18(17)31(29,30)26-20)22(28)24-14-13-23-21(27)16-9-5-4-6-10-16/h4-12,15,19H,3,13-14H2,1-2H3,(H,23,27)(H,24,28)(H,25,26)/t15-,19-/m0/s1. The van der Waals surface area contributed by atoms with Crippen molar-refractivity contribution in [1.29, 1.82) is 0 Å². The van der Waals surface area contributed by atoms with Gasteiger partial charge in [-0.2, -0.15) is 0 Å². The predicted octanol–water partition coefficient (Wildman–Crippen LogP) is 1.69. The minimum atomic E-state index is -3.68. The van der Waals surface area contributed by atoms with E-state index in [0.717, 1.165) is 0 Å². The summed E-state index contributed by atoms with van der Waals surface area (Å²) in [6.45, 7) is 4.33. The molecule has 0 aliphatic carbocycles. The number of nitrogens with one attached hydrogen (secondary N) is 3. The smallest absolute Gasteiger partial charge is 0.263 e. The van der Waals surface area contributed by atoms with Crippen molar-refractivity contribution in [3.63, 3.8) is 0 Å². The van der Waals surface area contributed by atoms with E-state index < -0.39 is 16.1 Å². The second-order valence-electron chi connectivity index (χ2n) is 7.32. The average Bonchev–Trinajstić information content (AvgIpc) is 3.05. The number of sulfonamides is 1. The minimum Gasteiger partial charge on any atom is -0.352 e. The SMILES string of the molecule is CC[C@H](C)[C@H](N=C1NS(=O)(=O)c2ccccc21)C(=O)NCCNC(=O)c1ccccc1. The van der Waals surface area contributed by atoms with E-state index in [4.69, 9.17) is 0 Å². The Balaban J connectivity index is 1.66. The van der Waals surface area contributed by atoms with Crippen LogP contribution in [0.4, 0.5) is 0 Å². The van der Waals surface area contributed by atoms with E-state index in [1.807, 2.05) is 19.9 Å². The van der Waals surface area contributed by atoms with Crippen molar-refractivity contribution in [2.75, 3.05) is 13.1 Å². The summed E-state index contributed by atoms with van der Waals surface area (Å²) in [6, 6.07) is 14.6. The summed E-state index contributed by atoms with van der Waals surface area (Å²) in [6.07, 6.45) is 0.688. The second kappa shape index (κ2) is 9.74. The highest BCUT2D eigenvalue weighted by Gasteiger charge is 2.33. The molecule has 3 N–H and O–H groups in total. The molecule has 2 amide bonds. The van der Waals surface area contributed by atoms with Crippen LogP contribution in [0.3, 0.4) is 0 Å². The van der Waals surface area contributed by atoms with Gasteiger partial charge in [-0.3, -0.25) is 19.3 Å². The number of nitrogens with zero attached hydrogens (tertiary/aromatic N) is 1. The molecule has 0 saturated heterocycles. The lowest BCUT2D eigenvalue weighted by Gasteiger charge is -2.19. The fourth-order valence-electron chi connectivity index (χ4n) is 3.19. The topological polar surface area (TPSA) is 117 Å². The average molecular weight is 443 g/mol. The fraction of sp³-hybridized carbons (Fsp3) is 0.318. The van der Waals surface area contributed by atoms with Gasteiger partial charge < -0.3 is 10.6 Å². The Morgan fingerprint density at radius 1 is 1.00 bits per heavy atom. The first-order valence-electron chi connectivity index (χ1n) is 10.1. The van der Waals surface area contributed by atoms with Crippen LogP contribution in [0.1, 0.15) is 36.2 Å². The number of aliphatic imine (C=N–C) groups is 1. The lowest BCUT2D eigenvalue weighted by molar-refractivity contribution is -0.123. The van der Waals surface area contributed by atoms with Crippen molar-refractivity contribution in [3.05, 3.63) is 65.7 Å². The third kappa shape index (κ3) is 5.29. The summed E-state index contributed by atoms with van der Waals surface area (Å²) in [7, 11) is -3.68. The maximum absolute atomic E-state index is 12.8. The van der Waals surface area contributed by atoms with Gasteiger partial charge in [0, 0.05) is 24.2 Å².